The first-order valence-corrected chi connectivity index (χ1v) is 9.22. The van der Waals surface area contributed by atoms with Crippen LogP contribution in [-0.4, -0.2) is 22.9 Å². The summed E-state index contributed by atoms with van der Waals surface area (Å²) in [6, 6.07) is 9.49. The molecule has 3 rings (SSSR count). The second-order valence-electron chi connectivity index (χ2n) is 5.38. The summed E-state index contributed by atoms with van der Waals surface area (Å²) in [5.41, 5.74) is 1.75. The van der Waals surface area contributed by atoms with Crippen molar-refractivity contribution < 1.29 is 13.9 Å². The molecule has 138 valence electrons. The Labute approximate surface area is 165 Å². The number of hydrogen-bond donors (Lipinski definition) is 1. The van der Waals surface area contributed by atoms with Crippen LogP contribution in [0.15, 0.2) is 53.7 Å². The molecule has 0 aliphatic carbocycles. The molecule has 2 aromatic heterocycles. The van der Waals surface area contributed by atoms with Gasteiger partial charge in [0.1, 0.15) is 12.1 Å². The molecular weight excluding hydrogens is 389 g/mol. The highest BCUT2D eigenvalue weighted by atomic mass is 35.5. The highest BCUT2D eigenvalue weighted by Gasteiger charge is 2.10. The predicted molar refractivity (Wildman–Crippen MR) is 105 cm³/mol. The van der Waals surface area contributed by atoms with Crippen LogP contribution in [0.5, 0.6) is 5.88 Å². The van der Waals surface area contributed by atoms with Crippen LogP contribution in [0.2, 0.25) is 5.02 Å². The van der Waals surface area contributed by atoms with Gasteiger partial charge >= 0.3 is 0 Å². The summed E-state index contributed by atoms with van der Waals surface area (Å²) in [6.07, 6.45) is 3.70. The van der Waals surface area contributed by atoms with Gasteiger partial charge in [0.15, 0.2) is 0 Å². The lowest BCUT2D eigenvalue weighted by Crippen LogP contribution is -1.98. The highest BCUT2D eigenvalue weighted by molar-refractivity contribution is 8.00. The number of carbonyl (C=O) groups excluding carboxylic acids is 1. The highest BCUT2D eigenvalue weighted by Crippen LogP contribution is 2.32. The molecule has 8 heteroatoms. The van der Waals surface area contributed by atoms with E-state index in [1.54, 1.807) is 30.5 Å². The molecule has 27 heavy (non-hydrogen) atoms. The summed E-state index contributed by atoms with van der Waals surface area (Å²) in [6.45, 7) is 2.36. The Kier molecular flexibility index (Phi) is 6.26. The van der Waals surface area contributed by atoms with Crippen LogP contribution in [0.25, 0.3) is 11.3 Å². The smallest absolute Gasteiger partial charge is 0.229 e. The topological polar surface area (TPSA) is 64.1 Å². The number of nitrogens with zero attached hydrogens (tertiary/aromatic N) is 2. The third kappa shape index (κ3) is 4.75. The normalized spacial score (nSPS) is 10.5. The van der Waals surface area contributed by atoms with Crippen molar-refractivity contribution in [2.75, 3.05) is 11.3 Å². The van der Waals surface area contributed by atoms with E-state index in [0.29, 0.717) is 40.7 Å². The molecule has 1 aromatic carbocycles. The maximum Gasteiger partial charge on any atom is 0.229 e. The molecule has 0 unspecified atom stereocenters. The minimum Gasteiger partial charge on any atom is -0.477 e. The van der Waals surface area contributed by atoms with Crippen LogP contribution in [-0.2, 0) is 0 Å². The molecule has 0 saturated heterocycles. The van der Waals surface area contributed by atoms with Crippen molar-refractivity contribution in [2.24, 2.45) is 0 Å². The molecule has 3 aromatic rings. The molecule has 0 amide bonds. The van der Waals surface area contributed by atoms with Gasteiger partial charge in [0.05, 0.1) is 22.2 Å². The second-order valence-corrected chi connectivity index (χ2v) is 6.67. The number of benzene rings is 1. The van der Waals surface area contributed by atoms with Crippen LogP contribution in [0.1, 0.15) is 17.3 Å². The molecule has 0 aliphatic rings. The zero-order chi connectivity index (χ0) is 19.2. The van der Waals surface area contributed by atoms with E-state index >= 15 is 0 Å². The zero-order valence-electron chi connectivity index (χ0n) is 14.3. The van der Waals surface area contributed by atoms with Crippen LogP contribution in [0.4, 0.5) is 10.1 Å². The van der Waals surface area contributed by atoms with Crippen molar-refractivity contribution in [1.29, 1.82) is 0 Å². The first kappa shape index (κ1) is 19.1. The largest absolute Gasteiger partial charge is 0.477 e. The summed E-state index contributed by atoms with van der Waals surface area (Å²) in [5, 5.41) is 0.496. The van der Waals surface area contributed by atoms with E-state index in [0.717, 1.165) is 4.90 Å². The third-order valence-corrected chi connectivity index (χ3v) is 4.57. The Morgan fingerprint density at radius 1 is 1.26 bits per heavy atom. The van der Waals surface area contributed by atoms with Gasteiger partial charge in [0.25, 0.3) is 0 Å². The van der Waals surface area contributed by atoms with Crippen molar-refractivity contribution in [2.45, 2.75) is 11.8 Å². The van der Waals surface area contributed by atoms with Gasteiger partial charge in [-0.25, -0.2) is 9.37 Å². The lowest BCUT2D eigenvalue weighted by atomic mass is 10.1. The monoisotopic (exact) mass is 403 g/mol. The van der Waals surface area contributed by atoms with E-state index in [1.165, 1.54) is 30.3 Å². The molecule has 0 bridgehead atoms. The maximum absolute atomic E-state index is 14.2. The number of rotatable bonds is 7. The van der Waals surface area contributed by atoms with Gasteiger partial charge < -0.3 is 9.46 Å². The van der Waals surface area contributed by atoms with Gasteiger partial charge in [-0.15, -0.1) is 0 Å². The summed E-state index contributed by atoms with van der Waals surface area (Å²) in [5.74, 6) is -0.0289. The van der Waals surface area contributed by atoms with Crippen molar-refractivity contribution in [3.63, 3.8) is 0 Å². The Morgan fingerprint density at radius 2 is 2.11 bits per heavy atom. The number of ether oxygens (including phenoxy) is 1. The number of nitrogens with one attached hydrogen (secondary N) is 1. The number of pyridine rings is 2. The molecule has 0 spiro atoms. The standard InChI is InChI=1S/C19H15ClFN3O2S/c1-2-26-19-18(8-13(20)10-23-19)27-24-14-5-6-22-17(9-14)15-4-3-12(11-25)7-16(15)21/h3-11H,2H2,1H3,(H,22,24). The van der Waals surface area contributed by atoms with E-state index in [2.05, 4.69) is 14.7 Å². The SMILES string of the molecule is CCOc1ncc(Cl)cc1SNc1ccnc(-c2ccc(C=O)cc2F)c1. The number of aromatic nitrogens is 2. The summed E-state index contributed by atoms with van der Waals surface area (Å²) < 4.78 is 22.9. The lowest BCUT2D eigenvalue weighted by molar-refractivity contribution is 0.112. The van der Waals surface area contributed by atoms with Gasteiger partial charge in [-0.05, 0) is 49.2 Å². The van der Waals surface area contributed by atoms with Crippen LogP contribution >= 0.6 is 23.5 Å². The van der Waals surface area contributed by atoms with Gasteiger partial charge in [-0.3, -0.25) is 9.78 Å². The first-order valence-electron chi connectivity index (χ1n) is 8.03. The molecular formula is C19H15ClFN3O2S. The summed E-state index contributed by atoms with van der Waals surface area (Å²) in [7, 11) is 0. The van der Waals surface area contributed by atoms with Crippen LogP contribution < -0.4 is 9.46 Å². The fraction of sp³-hybridized carbons (Fsp3) is 0.105. The molecule has 0 aliphatic heterocycles. The minimum atomic E-state index is -0.505. The summed E-state index contributed by atoms with van der Waals surface area (Å²) in [4.78, 5) is 19.9. The van der Waals surface area contributed by atoms with E-state index in [9.17, 15) is 9.18 Å². The van der Waals surface area contributed by atoms with Crippen molar-refractivity contribution >= 4 is 35.5 Å². The number of aldehydes is 1. The number of halogens is 2. The zero-order valence-corrected chi connectivity index (χ0v) is 15.9. The van der Waals surface area contributed by atoms with Crippen molar-refractivity contribution in [3.05, 3.63) is 65.2 Å². The molecule has 1 N–H and O–H groups in total. The number of anilines is 1. The fourth-order valence-corrected chi connectivity index (χ4v) is 3.26. The molecule has 0 saturated carbocycles. The van der Waals surface area contributed by atoms with Gasteiger partial charge in [-0.2, -0.15) is 0 Å². The van der Waals surface area contributed by atoms with E-state index in [1.807, 2.05) is 6.92 Å². The average Bonchev–Trinajstić information content (AvgIpc) is 2.68. The lowest BCUT2D eigenvalue weighted by Gasteiger charge is -2.11. The Bertz CT molecular complexity index is 971. The summed E-state index contributed by atoms with van der Waals surface area (Å²) >= 11 is 7.29. The second kappa shape index (κ2) is 8.83. The van der Waals surface area contributed by atoms with Crippen molar-refractivity contribution in [3.8, 4) is 17.1 Å². The van der Waals surface area contributed by atoms with E-state index in [-0.39, 0.29) is 5.56 Å². The first-order chi connectivity index (χ1) is 13.1. The number of hydrogen-bond acceptors (Lipinski definition) is 6. The minimum absolute atomic E-state index is 0.276. The van der Waals surface area contributed by atoms with E-state index in [4.69, 9.17) is 16.3 Å². The van der Waals surface area contributed by atoms with Crippen molar-refractivity contribution in [1.82, 2.24) is 9.97 Å². The van der Waals surface area contributed by atoms with Gasteiger partial charge in [0.2, 0.25) is 5.88 Å². The quantitative estimate of drug-likeness (QED) is 0.428. The van der Waals surface area contributed by atoms with Crippen LogP contribution in [0.3, 0.4) is 0 Å². The average molecular weight is 404 g/mol. The predicted octanol–water partition coefficient (Wildman–Crippen LogP) is 5.27. The molecule has 0 fully saturated rings. The fourth-order valence-electron chi connectivity index (χ4n) is 2.29. The third-order valence-electron chi connectivity index (χ3n) is 3.51. The Hall–Kier alpha value is -2.64. The Morgan fingerprint density at radius 3 is 2.85 bits per heavy atom. The van der Waals surface area contributed by atoms with Gasteiger partial charge in [-0.1, -0.05) is 17.7 Å². The number of carbonyl (C=O) groups is 1. The molecule has 0 radical (unpaired) electrons. The maximum atomic E-state index is 14.2. The van der Waals surface area contributed by atoms with E-state index < -0.39 is 5.82 Å². The molecule has 2 heterocycles. The molecule has 0 atom stereocenters. The Balaban J connectivity index is 1.81. The van der Waals surface area contributed by atoms with Gasteiger partial charge in [0, 0.05) is 29.2 Å². The molecule has 5 nitrogen and oxygen atoms in total. The van der Waals surface area contributed by atoms with Crippen LogP contribution in [0, 0.1) is 5.82 Å².